The van der Waals surface area contributed by atoms with Crippen molar-refractivity contribution in [2.45, 2.75) is 38.3 Å². The lowest BCUT2D eigenvalue weighted by molar-refractivity contribution is 0.0923. The minimum atomic E-state index is -3.55. The smallest absolute Gasteiger partial charge is 0.253 e. The number of rotatable bonds is 6. The zero-order valence-corrected chi connectivity index (χ0v) is 16.9. The molecule has 0 aliphatic heterocycles. The number of nitrogens with one attached hydrogen (secondary N) is 1. The third kappa shape index (κ3) is 3.92. The molecule has 1 N–H and O–H groups in total. The highest BCUT2D eigenvalue weighted by atomic mass is 32.2. The van der Waals surface area contributed by atoms with Crippen LogP contribution >= 0.6 is 0 Å². The number of amides is 1. The first-order valence-corrected chi connectivity index (χ1v) is 11.7. The highest BCUT2D eigenvalue weighted by Crippen LogP contribution is 2.44. The third-order valence-electron chi connectivity index (χ3n) is 6.04. The van der Waals surface area contributed by atoms with E-state index in [0.717, 1.165) is 17.9 Å². The number of hydrogen-bond donors (Lipinski definition) is 1. The molecule has 2 saturated carbocycles. The normalized spacial score (nSPS) is 23.5. The summed E-state index contributed by atoms with van der Waals surface area (Å²) in [6, 6.07) is 16.6. The van der Waals surface area contributed by atoms with E-state index < -0.39 is 10.0 Å². The molecule has 0 spiro atoms. The number of carbonyl (C=O) groups is 1. The summed E-state index contributed by atoms with van der Waals surface area (Å²) >= 11 is 0. The van der Waals surface area contributed by atoms with Crippen LogP contribution in [0, 0.1) is 11.8 Å². The summed E-state index contributed by atoms with van der Waals surface area (Å²) in [5.74, 6) is 1.11. The highest BCUT2D eigenvalue weighted by molar-refractivity contribution is 7.92. The molecule has 0 heterocycles. The lowest BCUT2D eigenvalue weighted by Gasteiger charge is -2.27. The fourth-order valence-electron chi connectivity index (χ4n) is 4.68. The summed E-state index contributed by atoms with van der Waals surface area (Å²) in [5.41, 5.74) is 1.71. The van der Waals surface area contributed by atoms with Crippen LogP contribution in [0.1, 0.15) is 41.6 Å². The largest absolute Gasteiger partial charge is 0.349 e. The number of benzene rings is 2. The molecule has 6 heteroatoms. The molecule has 0 saturated heterocycles. The maximum absolute atomic E-state index is 13.0. The molecule has 28 heavy (non-hydrogen) atoms. The Morgan fingerprint density at radius 2 is 1.75 bits per heavy atom. The number of para-hydroxylation sites is 1. The molecule has 2 bridgehead atoms. The molecular weight excluding hydrogens is 372 g/mol. The van der Waals surface area contributed by atoms with Gasteiger partial charge in [0.2, 0.25) is 10.0 Å². The maximum Gasteiger partial charge on any atom is 0.253 e. The van der Waals surface area contributed by atoms with Crippen LogP contribution in [0.25, 0.3) is 0 Å². The predicted molar refractivity (Wildman–Crippen MR) is 111 cm³/mol. The van der Waals surface area contributed by atoms with E-state index in [2.05, 4.69) is 5.32 Å². The summed E-state index contributed by atoms with van der Waals surface area (Å²) in [7, 11) is -3.55. The second-order valence-electron chi connectivity index (χ2n) is 8.03. The topological polar surface area (TPSA) is 66.5 Å². The van der Waals surface area contributed by atoms with E-state index in [1.54, 1.807) is 24.3 Å². The summed E-state index contributed by atoms with van der Waals surface area (Å²) < 4.78 is 26.4. The zero-order chi connectivity index (χ0) is 19.7. The summed E-state index contributed by atoms with van der Waals surface area (Å²) in [4.78, 5) is 13.0. The number of fused-ring (bicyclic) bond motifs is 2. The first-order chi connectivity index (χ1) is 13.4. The number of nitrogens with zero attached hydrogens (tertiary/aromatic N) is 1. The van der Waals surface area contributed by atoms with Gasteiger partial charge in [0.1, 0.15) is 0 Å². The van der Waals surface area contributed by atoms with Crippen molar-refractivity contribution in [2.75, 3.05) is 10.6 Å². The Labute approximate surface area is 166 Å². The van der Waals surface area contributed by atoms with Gasteiger partial charge in [-0.3, -0.25) is 9.10 Å². The SMILES string of the molecule is CS(=O)(=O)N(Cc1ccccc1)c1ccccc1C(=O)NC1CC2CCC1C2. The second-order valence-corrected chi connectivity index (χ2v) is 9.93. The van der Waals surface area contributed by atoms with Crippen molar-refractivity contribution in [1.29, 1.82) is 0 Å². The lowest BCUT2D eigenvalue weighted by atomic mass is 9.95. The van der Waals surface area contributed by atoms with Gasteiger partial charge < -0.3 is 5.32 Å². The average molecular weight is 399 g/mol. The summed E-state index contributed by atoms with van der Waals surface area (Å²) in [5, 5.41) is 3.18. The molecule has 1 amide bonds. The molecule has 4 rings (SSSR count). The van der Waals surface area contributed by atoms with Gasteiger partial charge in [0, 0.05) is 6.04 Å². The first kappa shape index (κ1) is 19.0. The van der Waals surface area contributed by atoms with Crippen LogP contribution in [0.2, 0.25) is 0 Å². The molecule has 3 atom stereocenters. The Morgan fingerprint density at radius 3 is 2.39 bits per heavy atom. The van der Waals surface area contributed by atoms with Crippen LogP contribution in [0.15, 0.2) is 54.6 Å². The minimum absolute atomic E-state index is 0.185. The number of carbonyl (C=O) groups excluding carboxylic acids is 1. The second kappa shape index (κ2) is 7.59. The molecule has 2 aliphatic rings. The van der Waals surface area contributed by atoms with Crippen LogP contribution in [-0.2, 0) is 16.6 Å². The maximum atomic E-state index is 13.0. The van der Waals surface area contributed by atoms with Gasteiger partial charge in [0.25, 0.3) is 5.91 Å². The van der Waals surface area contributed by atoms with E-state index in [-0.39, 0.29) is 18.5 Å². The van der Waals surface area contributed by atoms with Crippen molar-refractivity contribution >= 4 is 21.6 Å². The molecule has 2 aromatic rings. The first-order valence-electron chi connectivity index (χ1n) is 9.83. The Kier molecular flexibility index (Phi) is 5.15. The van der Waals surface area contributed by atoms with Crippen molar-refractivity contribution in [3.63, 3.8) is 0 Å². The van der Waals surface area contributed by atoms with Crippen LogP contribution in [-0.4, -0.2) is 26.6 Å². The monoisotopic (exact) mass is 398 g/mol. The van der Waals surface area contributed by atoms with Crippen molar-refractivity contribution in [3.05, 3.63) is 65.7 Å². The van der Waals surface area contributed by atoms with Gasteiger partial charge in [0.05, 0.1) is 24.1 Å². The van der Waals surface area contributed by atoms with Crippen molar-refractivity contribution in [1.82, 2.24) is 5.32 Å². The van der Waals surface area contributed by atoms with Crippen LogP contribution in [0.5, 0.6) is 0 Å². The van der Waals surface area contributed by atoms with E-state index in [4.69, 9.17) is 0 Å². The summed E-state index contributed by atoms with van der Waals surface area (Å²) in [6.45, 7) is 0.193. The van der Waals surface area contributed by atoms with Gasteiger partial charge in [-0.1, -0.05) is 48.9 Å². The van der Waals surface area contributed by atoms with Crippen molar-refractivity contribution < 1.29 is 13.2 Å². The Hall–Kier alpha value is -2.34. The zero-order valence-electron chi connectivity index (χ0n) is 16.0. The molecular formula is C22H26N2O3S. The molecule has 5 nitrogen and oxygen atoms in total. The van der Waals surface area contributed by atoms with E-state index in [1.165, 1.54) is 29.8 Å². The van der Waals surface area contributed by atoms with E-state index in [9.17, 15) is 13.2 Å². The quantitative estimate of drug-likeness (QED) is 0.809. The fourth-order valence-corrected chi connectivity index (χ4v) is 5.58. The number of anilines is 1. The number of sulfonamides is 1. The van der Waals surface area contributed by atoms with Crippen molar-refractivity contribution in [2.24, 2.45) is 11.8 Å². The van der Waals surface area contributed by atoms with Gasteiger partial charge in [-0.25, -0.2) is 8.42 Å². The Bertz CT molecular complexity index is 959. The fraction of sp³-hybridized carbons (Fsp3) is 0.409. The molecule has 3 unspecified atom stereocenters. The molecule has 2 aliphatic carbocycles. The molecule has 0 aromatic heterocycles. The predicted octanol–water partition coefficient (Wildman–Crippen LogP) is 3.57. The molecule has 2 fully saturated rings. The molecule has 0 radical (unpaired) electrons. The lowest BCUT2D eigenvalue weighted by Crippen LogP contribution is -2.39. The van der Waals surface area contributed by atoms with E-state index in [1.807, 2.05) is 30.3 Å². The van der Waals surface area contributed by atoms with Gasteiger partial charge in [-0.05, 0) is 48.8 Å². The van der Waals surface area contributed by atoms with Gasteiger partial charge in [-0.2, -0.15) is 0 Å². The minimum Gasteiger partial charge on any atom is -0.349 e. The summed E-state index contributed by atoms with van der Waals surface area (Å²) in [6.07, 6.45) is 5.88. The Balaban J connectivity index is 1.62. The van der Waals surface area contributed by atoms with Crippen LogP contribution in [0.3, 0.4) is 0 Å². The van der Waals surface area contributed by atoms with Crippen molar-refractivity contribution in [3.8, 4) is 0 Å². The van der Waals surface area contributed by atoms with Gasteiger partial charge in [0.15, 0.2) is 0 Å². The highest BCUT2D eigenvalue weighted by Gasteiger charge is 2.40. The van der Waals surface area contributed by atoms with Gasteiger partial charge >= 0.3 is 0 Å². The van der Waals surface area contributed by atoms with Gasteiger partial charge in [-0.15, -0.1) is 0 Å². The third-order valence-corrected chi connectivity index (χ3v) is 7.17. The molecule has 148 valence electrons. The van der Waals surface area contributed by atoms with E-state index in [0.29, 0.717) is 17.2 Å². The number of hydrogen-bond acceptors (Lipinski definition) is 3. The molecule has 2 aromatic carbocycles. The van der Waals surface area contributed by atoms with E-state index >= 15 is 0 Å². The standard InChI is InChI=1S/C22H26N2O3S/c1-28(26,27)24(15-16-7-3-2-4-8-16)21-10-6-5-9-19(21)22(25)23-20-14-17-11-12-18(20)13-17/h2-10,17-18,20H,11-15H2,1H3,(H,23,25). The Morgan fingerprint density at radius 1 is 1.04 bits per heavy atom. The van der Waals surface area contributed by atoms with Crippen LogP contribution in [0.4, 0.5) is 5.69 Å². The average Bonchev–Trinajstić information content (AvgIpc) is 3.29. The van der Waals surface area contributed by atoms with Crippen LogP contribution < -0.4 is 9.62 Å².